The van der Waals surface area contributed by atoms with E-state index in [0.29, 0.717) is 25.3 Å². The van der Waals surface area contributed by atoms with Gasteiger partial charge in [0.2, 0.25) is 11.8 Å². The number of hydrogen-bond donors (Lipinski definition) is 1. The number of carbonyl (C=O) groups is 2. The summed E-state index contributed by atoms with van der Waals surface area (Å²) in [5.41, 5.74) is 3.79. The maximum absolute atomic E-state index is 13.0. The fourth-order valence-electron chi connectivity index (χ4n) is 4.73. The van der Waals surface area contributed by atoms with Crippen LogP contribution < -0.4 is 15.0 Å². The third kappa shape index (κ3) is 7.41. The molecule has 0 spiro atoms. The molecule has 9 heteroatoms. The van der Waals surface area contributed by atoms with Crippen LogP contribution in [0.25, 0.3) is 0 Å². The van der Waals surface area contributed by atoms with Crippen LogP contribution in [-0.2, 0) is 29.7 Å². The van der Waals surface area contributed by atoms with Crippen LogP contribution in [0.2, 0.25) is 0 Å². The molecule has 9 nitrogen and oxygen atoms in total. The molecular formula is C28H36N6O3. The Labute approximate surface area is 218 Å². The molecule has 1 aliphatic rings. The Bertz CT molecular complexity index is 1210. The Morgan fingerprint density at radius 1 is 1.03 bits per heavy atom. The van der Waals surface area contributed by atoms with Crippen molar-refractivity contribution < 1.29 is 14.3 Å². The number of hydrogen-bond acceptors (Lipinski definition) is 6. The van der Waals surface area contributed by atoms with Gasteiger partial charge in [0.05, 0.1) is 25.5 Å². The molecule has 4 rings (SSSR count). The van der Waals surface area contributed by atoms with E-state index >= 15 is 0 Å². The van der Waals surface area contributed by atoms with Crippen molar-refractivity contribution in [3.8, 4) is 5.75 Å². The lowest BCUT2D eigenvalue weighted by Crippen LogP contribution is -2.39. The standard InChI is InChI=1S/C28H36N6O3/c1-22(35)34-13-7-12-32(18-23-8-6-10-26(16-23)37-3)14-15-33(19-24-9-4-5-11-27(24)34)21-28(36)30-25-17-29-31(2)20-25/h4-6,8-11,16-17,20H,7,12-15,18-19,21H2,1-3H3,(H,30,36). The van der Waals surface area contributed by atoms with Crippen molar-refractivity contribution in [3.05, 3.63) is 72.1 Å². The van der Waals surface area contributed by atoms with Crippen molar-refractivity contribution >= 4 is 23.2 Å². The summed E-state index contributed by atoms with van der Waals surface area (Å²) in [5.74, 6) is 0.761. The van der Waals surface area contributed by atoms with E-state index in [2.05, 4.69) is 32.3 Å². The molecule has 0 bridgehead atoms. The van der Waals surface area contributed by atoms with Gasteiger partial charge in [0, 0.05) is 65.1 Å². The maximum Gasteiger partial charge on any atom is 0.238 e. The number of nitrogens with one attached hydrogen (secondary N) is 1. The summed E-state index contributed by atoms with van der Waals surface area (Å²) in [7, 11) is 3.49. The summed E-state index contributed by atoms with van der Waals surface area (Å²) >= 11 is 0. The predicted molar refractivity (Wildman–Crippen MR) is 144 cm³/mol. The summed E-state index contributed by atoms with van der Waals surface area (Å²) in [6.07, 6.45) is 4.26. The van der Waals surface area contributed by atoms with E-state index in [1.807, 2.05) is 48.3 Å². The third-order valence-electron chi connectivity index (χ3n) is 6.54. The molecule has 0 aliphatic carbocycles. The van der Waals surface area contributed by atoms with Crippen LogP contribution in [0.1, 0.15) is 24.5 Å². The number of carbonyl (C=O) groups excluding carboxylic acids is 2. The minimum Gasteiger partial charge on any atom is -0.497 e. The van der Waals surface area contributed by atoms with Crippen molar-refractivity contribution in [2.45, 2.75) is 26.4 Å². The fourth-order valence-corrected chi connectivity index (χ4v) is 4.73. The van der Waals surface area contributed by atoms with Crippen LogP contribution in [0.4, 0.5) is 11.4 Å². The third-order valence-corrected chi connectivity index (χ3v) is 6.54. The first kappa shape index (κ1) is 26.4. The molecule has 2 amide bonds. The Kier molecular flexibility index (Phi) is 8.92. The first-order valence-corrected chi connectivity index (χ1v) is 12.6. The number of benzene rings is 2. The van der Waals surface area contributed by atoms with E-state index in [1.165, 1.54) is 5.56 Å². The minimum atomic E-state index is -0.0943. The molecule has 2 aromatic carbocycles. The Hall–Kier alpha value is -3.69. The number of aromatic nitrogens is 2. The predicted octanol–water partition coefficient (Wildman–Crippen LogP) is 3.13. The van der Waals surface area contributed by atoms with Crippen LogP contribution in [0.5, 0.6) is 5.75 Å². The van der Waals surface area contributed by atoms with Crippen LogP contribution in [0, 0.1) is 0 Å². The van der Waals surface area contributed by atoms with Gasteiger partial charge >= 0.3 is 0 Å². The second kappa shape index (κ2) is 12.5. The van der Waals surface area contributed by atoms with Crippen LogP contribution >= 0.6 is 0 Å². The second-order valence-electron chi connectivity index (χ2n) is 9.44. The average Bonchev–Trinajstić information content (AvgIpc) is 3.27. The number of para-hydroxylation sites is 1. The van der Waals surface area contributed by atoms with Gasteiger partial charge in [0.15, 0.2) is 0 Å². The highest BCUT2D eigenvalue weighted by atomic mass is 16.5. The monoisotopic (exact) mass is 504 g/mol. The molecular weight excluding hydrogens is 468 g/mol. The normalized spacial score (nSPS) is 15.5. The van der Waals surface area contributed by atoms with Crippen LogP contribution in [0.15, 0.2) is 60.9 Å². The molecule has 1 N–H and O–H groups in total. The highest BCUT2D eigenvalue weighted by Gasteiger charge is 2.21. The number of rotatable bonds is 6. The van der Waals surface area contributed by atoms with E-state index in [9.17, 15) is 9.59 Å². The first-order chi connectivity index (χ1) is 17.9. The van der Waals surface area contributed by atoms with Gasteiger partial charge in [0.25, 0.3) is 0 Å². The summed E-state index contributed by atoms with van der Waals surface area (Å²) in [6.45, 7) is 6.15. The Balaban J connectivity index is 1.56. The first-order valence-electron chi connectivity index (χ1n) is 12.6. The van der Waals surface area contributed by atoms with Crippen molar-refractivity contribution in [1.29, 1.82) is 0 Å². The highest BCUT2D eigenvalue weighted by Crippen LogP contribution is 2.24. The van der Waals surface area contributed by atoms with Crippen molar-refractivity contribution in [2.75, 3.05) is 50.1 Å². The minimum absolute atomic E-state index is 0.0203. The summed E-state index contributed by atoms with van der Waals surface area (Å²) in [5, 5.41) is 7.07. The van der Waals surface area contributed by atoms with E-state index in [1.54, 1.807) is 31.1 Å². The van der Waals surface area contributed by atoms with Crippen molar-refractivity contribution in [1.82, 2.24) is 19.6 Å². The molecule has 0 fully saturated rings. The SMILES string of the molecule is COc1cccc(CN2CCCN(C(C)=O)c3ccccc3CN(CC(=O)Nc3cnn(C)c3)CC2)c1. The van der Waals surface area contributed by atoms with E-state index in [-0.39, 0.29) is 18.4 Å². The lowest BCUT2D eigenvalue weighted by Gasteiger charge is -2.27. The summed E-state index contributed by atoms with van der Waals surface area (Å²) in [4.78, 5) is 32.0. The van der Waals surface area contributed by atoms with Gasteiger partial charge in [-0.2, -0.15) is 5.10 Å². The second-order valence-corrected chi connectivity index (χ2v) is 9.44. The summed E-state index contributed by atoms with van der Waals surface area (Å²) in [6, 6.07) is 16.1. The van der Waals surface area contributed by atoms with Crippen molar-refractivity contribution in [3.63, 3.8) is 0 Å². The lowest BCUT2D eigenvalue weighted by atomic mass is 10.1. The number of amides is 2. The van der Waals surface area contributed by atoms with E-state index in [4.69, 9.17) is 4.74 Å². The molecule has 37 heavy (non-hydrogen) atoms. The van der Waals surface area contributed by atoms with Gasteiger partial charge in [-0.3, -0.25) is 24.1 Å². The number of nitrogens with zero attached hydrogens (tertiary/aromatic N) is 5. The molecule has 2 heterocycles. The number of methoxy groups -OCH3 is 1. The van der Waals surface area contributed by atoms with Gasteiger partial charge in [-0.15, -0.1) is 0 Å². The molecule has 0 saturated heterocycles. The number of aryl methyl sites for hydroxylation is 1. The Morgan fingerprint density at radius 3 is 2.59 bits per heavy atom. The molecule has 1 aliphatic heterocycles. The van der Waals surface area contributed by atoms with Crippen molar-refractivity contribution in [2.24, 2.45) is 7.05 Å². The van der Waals surface area contributed by atoms with E-state index < -0.39 is 0 Å². The van der Waals surface area contributed by atoms with Gasteiger partial charge in [-0.05, 0) is 35.7 Å². The number of anilines is 2. The number of ether oxygens (including phenoxy) is 1. The average molecular weight is 505 g/mol. The smallest absolute Gasteiger partial charge is 0.238 e. The topological polar surface area (TPSA) is 82.9 Å². The molecule has 0 saturated carbocycles. The largest absolute Gasteiger partial charge is 0.497 e. The molecule has 0 atom stereocenters. The zero-order valence-corrected chi connectivity index (χ0v) is 21.9. The summed E-state index contributed by atoms with van der Waals surface area (Å²) < 4.78 is 7.07. The zero-order valence-electron chi connectivity index (χ0n) is 21.9. The molecule has 1 aromatic heterocycles. The fraction of sp³-hybridized carbons (Fsp3) is 0.393. The van der Waals surface area contributed by atoms with Crippen LogP contribution in [0.3, 0.4) is 0 Å². The Morgan fingerprint density at radius 2 is 1.84 bits per heavy atom. The van der Waals surface area contributed by atoms with Gasteiger partial charge in [-0.25, -0.2) is 0 Å². The molecule has 3 aromatic rings. The quantitative estimate of drug-likeness (QED) is 0.556. The molecule has 0 unspecified atom stereocenters. The molecule has 196 valence electrons. The van der Waals surface area contributed by atoms with Gasteiger partial charge in [0.1, 0.15) is 5.75 Å². The highest BCUT2D eigenvalue weighted by molar-refractivity contribution is 5.93. The lowest BCUT2D eigenvalue weighted by molar-refractivity contribution is -0.118. The number of fused-ring (bicyclic) bond motifs is 1. The van der Waals surface area contributed by atoms with E-state index in [0.717, 1.165) is 43.1 Å². The van der Waals surface area contributed by atoms with Gasteiger partial charge in [-0.1, -0.05) is 30.3 Å². The van der Waals surface area contributed by atoms with Gasteiger partial charge < -0.3 is 15.0 Å². The zero-order chi connectivity index (χ0) is 26.2. The maximum atomic E-state index is 13.0. The molecule has 0 radical (unpaired) electrons. The van der Waals surface area contributed by atoms with Crippen LogP contribution in [-0.4, -0.2) is 71.2 Å².